The average Bonchev–Trinajstić information content (AvgIpc) is 3.05. The fourth-order valence-electron chi connectivity index (χ4n) is 4.66. The molecule has 5 nitrogen and oxygen atoms in total. The average molecular weight is 382 g/mol. The number of rotatable bonds is 7. The molecule has 0 amide bonds. The molecule has 146 valence electrons. The van der Waals surface area contributed by atoms with E-state index in [0.717, 1.165) is 12.0 Å². The smallest absolute Gasteiger partial charge is 0.313 e. The van der Waals surface area contributed by atoms with Gasteiger partial charge in [0.25, 0.3) is 0 Å². The van der Waals surface area contributed by atoms with Crippen LogP contribution in [-0.2, 0) is 20.3 Å². The number of aliphatic carboxylic acids is 1. The Kier molecular flexibility index (Phi) is 6.37. The molecule has 1 aromatic rings. The minimum Gasteiger partial charge on any atom is -0.481 e. The molecule has 0 radical (unpaired) electrons. The topological polar surface area (TPSA) is 83.8 Å². The van der Waals surface area contributed by atoms with Gasteiger partial charge in [-0.05, 0) is 30.2 Å². The molecule has 0 aromatic heterocycles. The van der Waals surface area contributed by atoms with Crippen molar-refractivity contribution in [1.29, 1.82) is 0 Å². The standard InChI is InChI=1S/C20H31O5P/c1-5-20(18(21)22,16-12-9-13-25-16)17(19(2,3)4)26(23,24)14-15-10-7-6-8-11-15/h6-8,10-11,16-17H,5,9,12-14H2,1-4H3,(H,21,22)(H,23,24). The molecular weight excluding hydrogens is 351 g/mol. The summed E-state index contributed by atoms with van der Waals surface area (Å²) < 4.78 is 19.4. The lowest BCUT2D eigenvalue weighted by Gasteiger charge is -2.48. The van der Waals surface area contributed by atoms with Crippen LogP contribution in [0.15, 0.2) is 30.3 Å². The fraction of sp³-hybridized carbons (Fsp3) is 0.650. The molecule has 0 saturated carbocycles. The second-order valence-electron chi connectivity index (χ2n) is 8.37. The maximum atomic E-state index is 13.6. The van der Waals surface area contributed by atoms with Crippen LogP contribution in [0.2, 0.25) is 0 Å². The Morgan fingerprint density at radius 3 is 2.35 bits per heavy atom. The summed E-state index contributed by atoms with van der Waals surface area (Å²) in [7, 11) is -3.85. The summed E-state index contributed by atoms with van der Waals surface area (Å²) in [6.07, 6.45) is 1.08. The highest BCUT2D eigenvalue weighted by molar-refractivity contribution is 7.58. The number of ether oxygens (including phenoxy) is 1. The maximum absolute atomic E-state index is 13.6. The molecule has 0 bridgehead atoms. The molecule has 0 aliphatic carbocycles. The first-order valence-electron chi connectivity index (χ1n) is 9.26. The van der Waals surface area contributed by atoms with Crippen LogP contribution in [0, 0.1) is 10.8 Å². The molecule has 2 N–H and O–H groups in total. The Morgan fingerprint density at radius 2 is 1.92 bits per heavy atom. The second kappa shape index (κ2) is 7.84. The van der Waals surface area contributed by atoms with Crippen LogP contribution in [0.5, 0.6) is 0 Å². The van der Waals surface area contributed by atoms with Crippen LogP contribution >= 0.6 is 7.37 Å². The van der Waals surface area contributed by atoms with Crippen LogP contribution in [0.3, 0.4) is 0 Å². The van der Waals surface area contributed by atoms with Gasteiger partial charge in [-0.15, -0.1) is 0 Å². The summed E-state index contributed by atoms with van der Waals surface area (Å²) in [4.78, 5) is 23.7. The quantitative estimate of drug-likeness (QED) is 0.677. The van der Waals surface area contributed by atoms with Gasteiger partial charge >= 0.3 is 5.97 Å². The zero-order valence-corrected chi connectivity index (χ0v) is 17.0. The van der Waals surface area contributed by atoms with Crippen LogP contribution in [0.1, 0.15) is 52.5 Å². The van der Waals surface area contributed by atoms with Crippen molar-refractivity contribution in [3.63, 3.8) is 0 Å². The molecule has 2 rings (SSSR count). The SMILES string of the molecule is CCC(C(=O)O)(C1CCCO1)C(C(C)(C)C)P(=O)(O)Cc1ccccc1. The van der Waals surface area contributed by atoms with E-state index in [0.29, 0.717) is 13.0 Å². The van der Waals surface area contributed by atoms with Gasteiger partial charge in [-0.3, -0.25) is 9.36 Å². The van der Waals surface area contributed by atoms with Gasteiger partial charge in [-0.25, -0.2) is 0 Å². The largest absolute Gasteiger partial charge is 0.481 e. The molecule has 4 unspecified atom stereocenters. The summed E-state index contributed by atoms with van der Waals surface area (Å²) in [6.45, 7) is 7.86. The summed E-state index contributed by atoms with van der Waals surface area (Å²) in [5, 5.41) is 10.2. The van der Waals surface area contributed by atoms with E-state index in [4.69, 9.17) is 4.74 Å². The van der Waals surface area contributed by atoms with E-state index in [-0.39, 0.29) is 12.6 Å². The number of carbonyl (C=O) groups is 1. The minimum absolute atomic E-state index is 0.0302. The van der Waals surface area contributed by atoms with Crippen molar-refractivity contribution >= 4 is 13.3 Å². The highest BCUT2D eigenvalue weighted by atomic mass is 31.2. The summed E-state index contributed by atoms with van der Waals surface area (Å²) in [5.41, 5.74) is -2.21. The maximum Gasteiger partial charge on any atom is 0.313 e. The van der Waals surface area contributed by atoms with Gasteiger partial charge in [0.1, 0.15) is 5.41 Å². The monoisotopic (exact) mass is 382 g/mol. The van der Waals surface area contributed by atoms with Crippen LogP contribution < -0.4 is 0 Å². The first-order valence-corrected chi connectivity index (χ1v) is 11.2. The predicted octanol–water partition coefficient (Wildman–Crippen LogP) is 4.53. The third-order valence-electron chi connectivity index (χ3n) is 5.45. The Morgan fingerprint density at radius 1 is 1.31 bits per heavy atom. The third kappa shape index (κ3) is 4.05. The fourth-order valence-corrected chi connectivity index (χ4v) is 7.97. The zero-order valence-electron chi connectivity index (χ0n) is 16.1. The van der Waals surface area contributed by atoms with E-state index in [1.165, 1.54) is 0 Å². The number of hydrogen-bond donors (Lipinski definition) is 2. The van der Waals surface area contributed by atoms with Crippen molar-refractivity contribution in [1.82, 2.24) is 0 Å². The van der Waals surface area contributed by atoms with Crippen molar-refractivity contribution in [2.75, 3.05) is 6.61 Å². The Balaban J connectivity index is 2.56. The van der Waals surface area contributed by atoms with Crippen molar-refractivity contribution < 1.29 is 24.1 Å². The van der Waals surface area contributed by atoms with E-state index >= 15 is 0 Å². The predicted molar refractivity (Wildman–Crippen MR) is 103 cm³/mol. The van der Waals surface area contributed by atoms with Crippen LogP contribution in [0.25, 0.3) is 0 Å². The van der Waals surface area contributed by atoms with Crippen LogP contribution in [0.4, 0.5) is 0 Å². The first-order chi connectivity index (χ1) is 12.1. The summed E-state index contributed by atoms with van der Waals surface area (Å²) in [5.74, 6) is -1.03. The third-order valence-corrected chi connectivity index (χ3v) is 8.31. The summed E-state index contributed by atoms with van der Waals surface area (Å²) >= 11 is 0. The van der Waals surface area contributed by atoms with Crippen LogP contribution in [-0.4, -0.2) is 34.3 Å². The lowest BCUT2D eigenvalue weighted by atomic mass is 9.67. The number of benzene rings is 1. The number of hydrogen-bond acceptors (Lipinski definition) is 3. The van der Waals surface area contributed by atoms with E-state index in [2.05, 4.69) is 0 Å². The Hall–Kier alpha value is -1.16. The lowest BCUT2D eigenvalue weighted by molar-refractivity contribution is -0.161. The van der Waals surface area contributed by atoms with Gasteiger partial charge in [-0.2, -0.15) is 0 Å². The highest BCUT2D eigenvalue weighted by Gasteiger charge is 2.61. The van der Waals surface area contributed by atoms with E-state index in [9.17, 15) is 19.4 Å². The number of carboxylic acids is 1. The molecular formula is C20H31O5P. The van der Waals surface area contributed by atoms with Gasteiger partial charge in [0.2, 0.25) is 7.37 Å². The molecule has 1 aliphatic heterocycles. The Bertz CT molecular complexity index is 661. The molecule has 1 fully saturated rings. The van der Waals surface area contributed by atoms with Gasteiger partial charge in [0.05, 0.1) is 11.8 Å². The lowest BCUT2D eigenvalue weighted by Crippen LogP contribution is -2.55. The van der Waals surface area contributed by atoms with E-state index in [1.54, 1.807) is 6.92 Å². The highest BCUT2D eigenvalue weighted by Crippen LogP contribution is 2.64. The van der Waals surface area contributed by atoms with Crippen molar-refractivity contribution in [2.45, 2.75) is 64.9 Å². The van der Waals surface area contributed by atoms with E-state index < -0.39 is 35.9 Å². The molecule has 1 aromatic carbocycles. The molecule has 1 aliphatic rings. The minimum atomic E-state index is -3.85. The molecule has 1 heterocycles. The van der Waals surface area contributed by atoms with Crippen molar-refractivity contribution in [2.24, 2.45) is 10.8 Å². The number of carboxylic acid groups (broad SMARTS) is 1. The van der Waals surface area contributed by atoms with Gasteiger partial charge < -0.3 is 14.7 Å². The van der Waals surface area contributed by atoms with Crippen molar-refractivity contribution in [3.05, 3.63) is 35.9 Å². The van der Waals surface area contributed by atoms with Crippen molar-refractivity contribution in [3.8, 4) is 0 Å². The van der Waals surface area contributed by atoms with Gasteiger partial charge in [-0.1, -0.05) is 58.0 Å². The summed E-state index contributed by atoms with van der Waals surface area (Å²) in [6, 6.07) is 9.12. The van der Waals surface area contributed by atoms with Gasteiger partial charge in [0, 0.05) is 12.8 Å². The molecule has 0 spiro atoms. The van der Waals surface area contributed by atoms with Gasteiger partial charge in [0.15, 0.2) is 0 Å². The van der Waals surface area contributed by atoms with E-state index in [1.807, 2.05) is 51.1 Å². The zero-order chi connectivity index (χ0) is 19.6. The normalized spacial score (nSPS) is 23.8. The molecule has 1 saturated heterocycles. The molecule has 6 heteroatoms. The molecule has 4 atom stereocenters. The Labute approximate surface area is 156 Å². The first kappa shape index (κ1) is 21.1. The second-order valence-corrected chi connectivity index (χ2v) is 10.7. The molecule has 26 heavy (non-hydrogen) atoms.